The summed E-state index contributed by atoms with van der Waals surface area (Å²) in [6.45, 7) is 8.54. The van der Waals surface area contributed by atoms with E-state index in [0.717, 1.165) is 31.9 Å². The van der Waals surface area contributed by atoms with Crippen molar-refractivity contribution in [2.24, 2.45) is 16.8 Å². The van der Waals surface area contributed by atoms with Gasteiger partial charge in [0, 0.05) is 52.8 Å². The number of carbonyl (C=O) groups excluding carboxylic acids is 2. The SMILES string of the molecule is COCCNC(=NCC(=O)N(C)C)N1CC2CCC(NC(=O)OC(C)(C)C)C2C1. The predicted octanol–water partition coefficient (Wildman–Crippen LogP) is 0.902. The third-order valence-corrected chi connectivity index (χ3v) is 5.31. The van der Waals surface area contributed by atoms with Crippen LogP contribution in [0.15, 0.2) is 4.99 Å². The molecule has 0 aromatic rings. The number of carbonyl (C=O) groups is 2. The number of hydrogen-bond acceptors (Lipinski definition) is 5. The molecule has 0 aromatic heterocycles. The van der Waals surface area contributed by atoms with E-state index in [4.69, 9.17) is 9.47 Å². The Morgan fingerprint density at radius 1 is 1.21 bits per heavy atom. The summed E-state index contributed by atoms with van der Waals surface area (Å²) in [6, 6.07) is 0.100. The van der Waals surface area contributed by atoms with E-state index >= 15 is 0 Å². The number of nitrogens with one attached hydrogen (secondary N) is 2. The maximum atomic E-state index is 12.2. The van der Waals surface area contributed by atoms with Crippen LogP contribution in [0.4, 0.5) is 4.79 Å². The molecule has 9 heteroatoms. The molecule has 3 atom stereocenters. The Labute approximate surface area is 174 Å². The molecule has 1 heterocycles. The second-order valence-electron chi connectivity index (χ2n) is 9.01. The number of aliphatic imine (C=N–C) groups is 1. The summed E-state index contributed by atoms with van der Waals surface area (Å²) < 4.78 is 10.5. The van der Waals surface area contributed by atoms with Gasteiger partial charge in [0.2, 0.25) is 5.91 Å². The lowest BCUT2D eigenvalue weighted by Gasteiger charge is -2.26. The molecule has 2 rings (SSSR count). The number of amides is 2. The van der Waals surface area contributed by atoms with Gasteiger partial charge in [0.05, 0.1) is 6.61 Å². The molecule has 2 aliphatic rings. The van der Waals surface area contributed by atoms with E-state index < -0.39 is 5.60 Å². The van der Waals surface area contributed by atoms with Crippen molar-refractivity contribution in [2.45, 2.75) is 45.3 Å². The van der Waals surface area contributed by atoms with E-state index in [2.05, 4.69) is 20.5 Å². The summed E-state index contributed by atoms with van der Waals surface area (Å²) in [4.78, 5) is 32.4. The first-order chi connectivity index (χ1) is 13.6. The Bertz CT molecular complexity index is 602. The van der Waals surface area contributed by atoms with Crippen LogP contribution in [0.3, 0.4) is 0 Å². The van der Waals surface area contributed by atoms with Gasteiger partial charge in [-0.3, -0.25) is 4.79 Å². The lowest BCUT2D eigenvalue weighted by Crippen LogP contribution is -2.45. The minimum absolute atomic E-state index is 0.0418. The third-order valence-electron chi connectivity index (χ3n) is 5.31. The lowest BCUT2D eigenvalue weighted by atomic mass is 9.98. The molecule has 1 saturated carbocycles. The molecule has 9 nitrogen and oxygen atoms in total. The van der Waals surface area contributed by atoms with Crippen LogP contribution in [0, 0.1) is 11.8 Å². The summed E-state index contributed by atoms with van der Waals surface area (Å²) in [5.74, 6) is 1.53. The van der Waals surface area contributed by atoms with Crippen LogP contribution < -0.4 is 10.6 Å². The quantitative estimate of drug-likeness (QED) is 0.383. The maximum Gasteiger partial charge on any atom is 0.407 e. The van der Waals surface area contributed by atoms with E-state index in [0.29, 0.717) is 25.0 Å². The van der Waals surface area contributed by atoms with Gasteiger partial charge >= 0.3 is 6.09 Å². The fraction of sp³-hybridized carbons (Fsp3) is 0.850. The van der Waals surface area contributed by atoms with Crippen molar-refractivity contribution in [3.63, 3.8) is 0 Å². The predicted molar refractivity (Wildman–Crippen MR) is 112 cm³/mol. The minimum atomic E-state index is -0.506. The van der Waals surface area contributed by atoms with Crippen LogP contribution in [0.25, 0.3) is 0 Å². The molecule has 0 aromatic carbocycles. The molecule has 3 unspecified atom stereocenters. The van der Waals surface area contributed by atoms with Gasteiger partial charge in [-0.05, 0) is 39.5 Å². The van der Waals surface area contributed by atoms with E-state index in [1.807, 2.05) is 20.8 Å². The first kappa shape index (κ1) is 23.3. The number of hydrogen-bond donors (Lipinski definition) is 2. The summed E-state index contributed by atoms with van der Waals surface area (Å²) >= 11 is 0. The number of likely N-dealkylation sites (tertiary alicyclic amines) is 1. The Morgan fingerprint density at radius 2 is 1.93 bits per heavy atom. The van der Waals surface area contributed by atoms with Gasteiger partial charge in [-0.15, -0.1) is 0 Å². The summed E-state index contributed by atoms with van der Waals surface area (Å²) in [5, 5.41) is 6.36. The highest BCUT2D eigenvalue weighted by Crippen LogP contribution is 2.38. The van der Waals surface area contributed by atoms with Gasteiger partial charge in [0.15, 0.2) is 5.96 Å². The third kappa shape index (κ3) is 7.06. The Balaban J connectivity index is 1.99. The molecular weight excluding hydrogens is 374 g/mol. The van der Waals surface area contributed by atoms with Crippen LogP contribution >= 0.6 is 0 Å². The van der Waals surface area contributed by atoms with Gasteiger partial charge < -0.3 is 29.9 Å². The lowest BCUT2D eigenvalue weighted by molar-refractivity contribution is -0.127. The number of guanidine groups is 1. The average molecular weight is 412 g/mol. The number of alkyl carbamates (subject to hydrolysis) is 1. The van der Waals surface area contributed by atoms with Crippen LogP contribution in [0.1, 0.15) is 33.6 Å². The van der Waals surface area contributed by atoms with Crippen molar-refractivity contribution in [3.05, 3.63) is 0 Å². The summed E-state index contributed by atoms with van der Waals surface area (Å²) in [7, 11) is 5.10. The van der Waals surface area contributed by atoms with Gasteiger partial charge in [-0.25, -0.2) is 9.79 Å². The van der Waals surface area contributed by atoms with Crippen molar-refractivity contribution >= 4 is 18.0 Å². The Kier molecular flexibility index (Phi) is 8.13. The normalized spacial score (nSPS) is 24.3. The second kappa shape index (κ2) is 10.1. The molecule has 2 fully saturated rings. The topological polar surface area (TPSA) is 95.5 Å². The standard InChI is InChI=1S/C20H37N5O4/c1-20(2,3)29-19(27)23-16-8-7-14-12-25(13-15(14)16)18(21-9-10-28-6)22-11-17(26)24(4)5/h14-16H,7-13H2,1-6H3,(H,21,22)(H,23,27). The summed E-state index contributed by atoms with van der Waals surface area (Å²) in [6.07, 6.45) is 1.67. The minimum Gasteiger partial charge on any atom is -0.444 e. The number of nitrogens with zero attached hydrogens (tertiary/aromatic N) is 3. The molecule has 0 radical (unpaired) electrons. The second-order valence-corrected chi connectivity index (χ2v) is 9.01. The number of likely N-dealkylation sites (N-methyl/N-ethyl adjacent to an activating group) is 1. The summed E-state index contributed by atoms with van der Waals surface area (Å²) in [5.41, 5.74) is -0.506. The Hall–Kier alpha value is -2.03. The van der Waals surface area contributed by atoms with E-state index in [1.54, 1.807) is 21.2 Å². The molecule has 1 aliphatic heterocycles. The van der Waals surface area contributed by atoms with Gasteiger partial charge in [0.25, 0.3) is 0 Å². The molecule has 29 heavy (non-hydrogen) atoms. The van der Waals surface area contributed by atoms with E-state index in [9.17, 15) is 9.59 Å². The maximum absolute atomic E-state index is 12.2. The molecule has 1 aliphatic carbocycles. The van der Waals surface area contributed by atoms with Gasteiger partial charge in [0.1, 0.15) is 12.1 Å². The number of fused-ring (bicyclic) bond motifs is 1. The van der Waals surface area contributed by atoms with Crippen LogP contribution in [0.5, 0.6) is 0 Å². The smallest absolute Gasteiger partial charge is 0.407 e. The van der Waals surface area contributed by atoms with Gasteiger partial charge in [-0.2, -0.15) is 0 Å². The molecule has 2 N–H and O–H groups in total. The molecule has 0 bridgehead atoms. The van der Waals surface area contributed by atoms with Crippen molar-refractivity contribution in [1.29, 1.82) is 0 Å². The number of rotatable bonds is 6. The highest BCUT2D eigenvalue weighted by atomic mass is 16.6. The highest BCUT2D eigenvalue weighted by Gasteiger charge is 2.44. The van der Waals surface area contributed by atoms with Crippen molar-refractivity contribution in [3.8, 4) is 0 Å². The van der Waals surface area contributed by atoms with Crippen LogP contribution in [-0.2, 0) is 14.3 Å². The fourth-order valence-electron chi connectivity index (χ4n) is 3.89. The van der Waals surface area contributed by atoms with Crippen molar-refractivity contribution in [1.82, 2.24) is 20.4 Å². The molecule has 1 saturated heterocycles. The largest absolute Gasteiger partial charge is 0.444 e. The monoisotopic (exact) mass is 411 g/mol. The molecule has 166 valence electrons. The average Bonchev–Trinajstić information content (AvgIpc) is 3.18. The number of ether oxygens (including phenoxy) is 2. The zero-order valence-electron chi connectivity index (χ0n) is 18.7. The first-order valence-electron chi connectivity index (χ1n) is 10.3. The van der Waals surface area contributed by atoms with Crippen molar-refractivity contribution < 1.29 is 19.1 Å². The zero-order valence-corrected chi connectivity index (χ0v) is 18.7. The molecule has 2 amide bonds. The Morgan fingerprint density at radius 3 is 2.55 bits per heavy atom. The fourth-order valence-corrected chi connectivity index (χ4v) is 3.89. The molecule has 0 spiro atoms. The molecular formula is C20H37N5O4. The zero-order chi connectivity index (χ0) is 21.6. The van der Waals surface area contributed by atoms with E-state index in [1.165, 1.54) is 4.90 Å². The van der Waals surface area contributed by atoms with Crippen LogP contribution in [-0.4, -0.2) is 93.4 Å². The van der Waals surface area contributed by atoms with E-state index in [-0.39, 0.29) is 24.6 Å². The number of methoxy groups -OCH3 is 1. The first-order valence-corrected chi connectivity index (χ1v) is 10.3. The highest BCUT2D eigenvalue weighted by molar-refractivity contribution is 5.85. The van der Waals surface area contributed by atoms with Crippen molar-refractivity contribution in [2.75, 3.05) is 54.0 Å². The van der Waals surface area contributed by atoms with Gasteiger partial charge in [-0.1, -0.05) is 0 Å². The van der Waals surface area contributed by atoms with Crippen LogP contribution in [0.2, 0.25) is 0 Å².